The summed E-state index contributed by atoms with van der Waals surface area (Å²) in [6, 6.07) is 9.32. The van der Waals surface area contributed by atoms with Gasteiger partial charge in [-0.1, -0.05) is 12.1 Å². The Morgan fingerprint density at radius 2 is 2.00 bits per heavy atom. The van der Waals surface area contributed by atoms with Crippen molar-refractivity contribution in [3.8, 4) is 0 Å². The van der Waals surface area contributed by atoms with E-state index in [0.717, 1.165) is 24.5 Å². The second-order valence-corrected chi connectivity index (χ2v) is 5.12. The number of carbonyl (C=O) groups is 1. The fourth-order valence-corrected chi connectivity index (χ4v) is 2.42. The van der Waals surface area contributed by atoms with Gasteiger partial charge in [-0.15, -0.1) is 0 Å². The number of nitrogens with one attached hydrogen (secondary N) is 1. The Morgan fingerprint density at radius 3 is 2.67 bits per heavy atom. The van der Waals surface area contributed by atoms with Crippen LogP contribution >= 0.6 is 0 Å². The van der Waals surface area contributed by atoms with E-state index in [4.69, 9.17) is 0 Å². The highest BCUT2D eigenvalue weighted by molar-refractivity contribution is 5.92. The van der Waals surface area contributed by atoms with Crippen molar-refractivity contribution in [2.75, 3.05) is 18.0 Å². The lowest BCUT2D eigenvalue weighted by Crippen LogP contribution is -2.24. The molecule has 1 N–H and O–H groups in total. The SMILES string of the molecule is O=C(NCc1ccc(N2CCCC2)nc1)c1ccccn1. The van der Waals surface area contributed by atoms with Gasteiger partial charge in [0.15, 0.2) is 0 Å². The predicted molar refractivity (Wildman–Crippen MR) is 81.1 cm³/mol. The Balaban J connectivity index is 1.57. The number of anilines is 1. The molecule has 21 heavy (non-hydrogen) atoms. The second-order valence-electron chi connectivity index (χ2n) is 5.12. The number of pyridine rings is 2. The Kier molecular flexibility index (Phi) is 4.09. The number of rotatable bonds is 4. The molecule has 3 rings (SSSR count). The van der Waals surface area contributed by atoms with E-state index in [-0.39, 0.29) is 5.91 Å². The minimum Gasteiger partial charge on any atom is -0.357 e. The second kappa shape index (κ2) is 6.35. The minimum absolute atomic E-state index is 0.167. The summed E-state index contributed by atoms with van der Waals surface area (Å²) in [5.74, 6) is 0.853. The van der Waals surface area contributed by atoms with Gasteiger partial charge in [-0.25, -0.2) is 4.98 Å². The molecule has 1 saturated heterocycles. The maximum atomic E-state index is 11.9. The minimum atomic E-state index is -0.167. The number of aromatic nitrogens is 2. The molecule has 5 heteroatoms. The first-order chi connectivity index (χ1) is 10.3. The van der Waals surface area contributed by atoms with E-state index in [2.05, 4.69) is 20.2 Å². The maximum absolute atomic E-state index is 11.9. The average Bonchev–Trinajstić information content (AvgIpc) is 3.08. The van der Waals surface area contributed by atoms with Gasteiger partial charge < -0.3 is 10.2 Å². The van der Waals surface area contributed by atoms with Crippen LogP contribution in [-0.4, -0.2) is 29.0 Å². The molecule has 1 amide bonds. The van der Waals surface area contributed by atoms with Crippen LogP contribution in [0.3, 0.4) is 0 Å². The zero-order valence-electron chi connectivity index (χ0n) is 11.8. The number of carbonyl (C=O) groups excluding carboxylic acids is 1. The first kappa shape index (κ1) is 13.5. The van der Waals surface area contributed by atoms with Crippen molar-refractivity contribution in [1.82, 2.24) is 15.3 Å². The Bertz CT molecular complexity index is 591. The molecule has 0 saturated carbocycles. The molecule has 0 atom stereocenters. The predicted octanol–water partition coefficient (Wildman–Crippen LogP) is 2.01. The van der Waals surface area contributed by atoms with Crippen LogP contribution in [0.25, 0.3) is 0 Å². The van der Waals surface area contributed by atoms with Crippen molar-refractivity contribution in [2.45, 2.75) is 19.4 Å². The monoisotopic (exact) mass is 282 g/mol. The van der Waals surface area contributed by atoms with Crippen molar-refractivity contribution in [2.24, 2.45) is 0 Å². The molecule has 2 aromatic heterocycles. The molecule has 3 heterocycles. The molecular weight excluding hydrogens is 264 g/mol. The summed E-state index contributed by atoms with van der Waals surface area (Å²) in [5, 5.41) is 2.85. The summed E-state index contributed by atoms with van der Waals surface area (Å²) in [7, 11) is 0. The third-order valence-electron chi connectivity index (χ3n) is 3.59. The largest absolute Gasteiger partial charge is 0.357 e. The van der Waals surface area contributed by atoms with Crippen LogP contribution < -0.4 is 10.2 Å². The molecule has 5 nitrogen and oxygen atoms in total. The Hall–Kier alpha value is -2.43. The van der Waals surface area contributed by atoms with Crippen LogP contribution in [0.5, 0.6) is 0 Å². The third-order valence-corrected chi connectivity index (χ3v) is 3.59. The number of nitrogens with zero attached hydrogens (tertiary/aromatic N) is 3. The van der Waals surface area contributed by atoms with Crippen LogP contribution in [0.2, 0.25) is 0 Å². The lowest BCUT2D eigenvalue weighted by molar-refractivity contribution is 0.0946. The van der Waals surface area contributed by atoms with Crippen molar-refractivity contribution in [1.29, 1.82) is 0 Å². The zero-order chi connectivity index (χ0) is 14.5. The fourth-order valence-electron chi connectivity index (χ4n) is 2.42. The van der Waals surface area contributed by atoms with E-state index in [1.54, 1.807) is 24.4 Å². The summed E-state index contributed by atoms with van der Waals surface area (Å²) in [4.78, 5) is 22.7. The molecular formula is C16H18N4O. The van der Waals surface area contributed by atoms with Crippen molar-refractivity contribution in [3.63, 3.8) is 0 Å². The lowest BCUT2D eigenvalue weighted by Gasteiger charge is -2.16. The molecule has 0 aromatic carbocycles. The van der Waals surface area contributed by atoms with E-state index in [1.165, 1.54) is 12.8 Å². The van der Waals surface area contributed by atoms with Crippen LogP contribution in [0.15, 0.2) is 42.7 Å². The normalized spacial score (nSPS) is 14.2. The highest BCUT2D eigenvalue weighted by Crippen LogP contribution is 2.17. The molecule has 0 aliphatic carbocycles. The van der Waals surface area contributed by atoms with Gasteiger partial charge in [0, 0.05) is 32.0 Å². The lowest BCUT2D eigenvalue weighted by atomic mass is 10.2. The van der Waals surface area contributed by atoms with Gasteiger partial charge in [0.2, 0.25) is 0 Å². The van der Waals surface area contributed by atoms with Gasteiger partial charge in [-0.2, -0.15) is 0 Å². The topological polar surface area (TPSA) is 58.1 Å². The maximum Gasteiger partial charge on any atom is 0.270 e. The molecule has 1 aliphatic rings. The van der Waals surface area contributed by atoms with Crippen LogP contribution in [0.4, 0.5) is 5.82 Å². The summed E-state index contributed by atoms with van der Waals surface area (Å²) in [6.45, 7) is 2.63. The van der Waals surface area contributed by atoms with Gasteiger partial charge in [0.05, 0.1) is 0 Å². The van der Waals surface area contributed by atoms with Crippen molar-refractivity contribution >= 4 is 11.7 Å². The van der Waals surface area contributed by atoms with Gasteiger partial charge in [0.1, 0.15) is 11.5 Å². The highest BCUT2D eigenvalue weighted by Gasteiger charge is 2.13. The summed E-state index contributed by atoms with van der Waals surface area (Å²) < 4.78 is 0. The van der Waals surface area contributed by atoms with Crippen molar-refractivity contribution < 1.29 is 4.79 Å². The zero-order valence-corrected chi connectivity index (χ0v) is 11.8. The smallest absolute Gasteiger partial charge is 0.270 e. The van der Waals surface area contributed by atoms with E-state index >= 15 is 0 Å². The standard InChI is InChI=1S/C16H18N4O/c21-16(14-5-1-2-8-17-14)19-12-13-6-7-15(18-11-13)20-9-3-4-10-20/h1-2,5-8,11H,3-4,9-10,12H2,(H,19,21). The van der Waals surface area contributed by atoms with Crippen LogP contribution in [0.1, 0.15) is 28.9 Å². The molecule has 0 unspecified atom stereocenters. The summed E-state index contributed by atoms with van der Waals surface area (Å²) >= 11 is 0. The Morgan fingerprint density at radius 1 is 1.14 bits per heavy atom. The molecule has 1 fully saturated rings. The van der Waals surface area contributed by atoms with Crippen LogP contribution in [-0.2, 0) is 6.54 Å². The van der Waals surface area contributed by atoms with E-state index in [1.807, 2.05) is 18.3 Å². The molecule has 2 aromatic rings. The number of amides is 1. The Labute approximate surface area is 124 Å². The quantitative estimate of drug-likeness (QED) is 0.932. The summed E-state index contributed by atoms with van der Waals surface area (Å²) in [6.07, 6.45) is 5.92. The van der Waals surface area contributed by atoms with E-state index < -0.39 is 0 Å². The molecule has 108 valence electrons. The van der Waals surface area contributed by atoms with E-state index in [9.17, 15) is 4.79 Å². The van der Waals surface area contributed by atoms with Gasteiger partial charge in [-0.05, 0) is 36.6 Å². The van der Waals surface area contributed by atoms with Crippen molar-refractivity contribution in [3.05, 3.63) is 54.0 Å². The van der Waals surface area contributed by atoms with Gasteiger partial charge in [0.25, 0.3) is 5.91 Å². The number of hydrogen-bond donors (Lipinski definition) is 1. The first-order valence-electron chi connectivity index (χ1n) is 7.22. The average molecular weight is 282 g/mol. The van der Waals surface area contributed by atoms with Gasteiger partial charge in [-0.3, -0.25) is 9.78 Å². The number of hydrogen-bond acceptors (Lipinski definition) is 4. The third kappa shape index (κ3) is 3.37. The van der Waals surface area contributed by atoms with Gasteiger partial charge >= 0.3 is 0 Å². The van der Waals surface area contributed by atoms with E-state index in [0.29, 0.717) is 12.2 Å². The molecule has 0 bridgehead atoms. The fraction of sp³-hybridized carbons (Fsp3) is 0.312. The summed E-state index contributed by atoms with van der Waals surface area (Å²) in [5.41, 5.74) is 1.42. The molecule has 1 aliphatic heterocycles. The van der Waals surface area contributed by atoms with Crippen LogP contribution in [0, 0.1) is 0 Å². The molecule has 0 spiro atoms. The highest BCUT2D eigenvalue weighted by atomic mass is 16.1. The molecule has 0 radical (unpaired) electrons. The first-order valence-corrected chi connectivity index (χ1v) is 7.22.